The fourth-order valence-corrected chi connectivity index (χ4v) is 1.93. The maximum absolute atomic E-state index is 11.8. The lowest BCUT2D eigenvalue weighted by molar-refractivity contribution is -0.123. The normalized spacial score (nSPS) is 17.8. The number of carbonyl (C=O) groups excluding carboxylic acids is 2. The predicted octanol–water partition coefficient (Wildman–Crippen LogP) is 0.208. The molecular formula is C13H17N3O3. The first-order chi connectivity index (χ1) is 9.20. The number of hydrogen-bond donors (Lipinski definition) is 3. The molecule has 1 aromatic carbocycles. The Kier molecular flexibility index (Phi) is 4.35. The van der Waals surface area contributed by atoms with Crippen LogP contribution in [0.25, 0.3) is 0 Å². The molecule has 1 atom stereocenters. The van der Waals surface area contributed by atoms with Crippen molar-refractivity contribution in [2.75, 3.05) is 13.7 Å². The molecule has 0 aromatic heterocycles. The molecule has 3 N–H and O–H groups in total. The van der Waals surface area contributed by atoms with E-state index in [0.717, 1.165) is 19.4 Å². The summed E-state index contributed by atoms with van der Waals surface area (Å²) < 4.78 is 5.00. The van der Waals surface area contributed by atoms with Crippen LogP contribution in [0.4, 0.5) is 0 Å². The van der Waals surface area contributed by atoms with Gasteiger partial charge in [0.15, 0.2) is 0 Å². The molecule has 2 rings (SSSR count). The van der Waals surface area contributed by atoms with Gasteiger partial charge in [0.05, 0.1) is 13.2 Å². The molecule has 0 radical (unpaired) electrons. The molecule has 1 aliphatic rings. The Labute approximate surface area is 111 Å². The Balaban J connectivity index is 1.84. The second-order valence-electron chi connectivity index (χ2n) is 4.32. The first-order valence-corrected chi connectivity index (χ1v) is 6.18. The summed E-state index contributed by atoms with van der Waals surface area (Å²) in [7, 11) is 1.56. The van der Waals surface area contributed by atoms with Gasteiger partial charge in [0, 0.05) is 5.56 Å². The van der Waals surface area contributed by atoms with E-state index in [0.29, 0.717) is 11.3 Å². The minimum Gasteiger partial charge on any atom is -0.497 e. The van der Waals surface area contributed by atoms with Gasteiger partial charge < -0.3 is 10.1 Å². The quantitative estimate of drug-likeness (QED) is 0.681. The van der Waals surface area contributed by atoms with Crippen molar-refractivity contribution in [3.05, 3.63) is 29.8 Å². The zero-order chi connectivity index (χ0) is 13.7. The van der Waals surface area contributed by atoms with Crippen molar-refractivity contribution in [1.29, 1.82) is 0 Å². The molecule has 2 amide bonds. The molecule has 1 unspecified atom stereocenters. The largest absolute Gasteiger partial charge is 0.497 e. The van der Waals surface area contributed by atoms with Gasteiger partial charge in [0.25, 0.3) is 11.8 Å². The van der Waals surface area contributed by atoms with E-state index in [1.54, 1.807) is 31.4 Å². The van der Waals surface area contributed by atoms with Crippen LogP contribution in [0.1, 0.15) is 23.2 Å². The van der Waals surface area contributed by atoms with E-state index in [4.69, 9.17) is 4.74 Å². The summed E-state index contributed by atoms with van der Waals surface area (Å²) in [5, 5.41) is 3.06. The second-order valence-corrected chi connectivity index (χ2v) is 4.32. The van der Waals surface area contributed by atoms with Gasteiger partial charge in [0.2, 0.25) is 0 Å². The van der Waals surface area contributed by atoms with Crippen molar-refractivity contribution >= 4 is 11.8 Å². The van der Waals surface area contributed by atoms with E-state index < -0.39 is 0 Å². The van der Waals surface area contributed by atoms with Crippen molar-refractivity contribution < 1.29 is 14.3 Å². The second kappa shape index (κ2) is 6.19. The van der Waals surface area contributed by atoms with Gasteiger partial charge >= 0.3 is 0 Å². The van der Waals surface area contributed by atoms with E-state index in [1.165, 1.54) is 0 Å². The van der Waals surface area contributed by atoms with Crippen molar-refractivity contribution in [2.45, 2.75) is 18.9 Å². The van der Waals surface area contributed by atoms with E-state index in [2.05, 4.69) is 16.2 Å². The number of methoxy groups -OCH3 is 1. The highest BCUT2D eigenvalue weighted by atomic mass is 16.5. The fraction of sp³-hybridized carbons (Fsp3) is 0.385. The molecule has 6 nitrogen and oxygen atoms in total. The number of benzene rings is 1. The van der Waals surface area contributed by atoms with E-state index in [9.17, 15) is 9.59 Å². The maximum Gasteiger partial charge on any atom is 0.269 e. The van der Waals surface area contributed by atoms with Crippen LogP contribution in [-0.4, -0.2) is 31.5 Å². The third-order valence-electron chi connectivity index (χ3n) is 3.03. The standard InChI is InChI=1S/C13H17N3O3/c1-19-10-6-4-9(5-7-10)12(17)15-16-13(18)11-3-2-8-14-11/h4-7,11,14H,2-3,8H2,1H3,(H,15,17)(H,16,18). The van der Waals surface area contributed by atoms with Crippen LogP contribution in [0.5, 0.6) is 5.75 Å². The molecule has 0 saturated carbocycles. The summed E-state index contributed by atoms with van der Waals surface area (Å²) in [6.07, 6.45) is 1.77. The summed E-state index contributed by atoms with van der Waals surface area (Å²) in [5.74, 6) is 0.115. The summed E-state index contributed by atoms with van der Waals surface area (Å²) in [4.78, 5) is 23.4. The number of hydrogen-bond acceptors (Lipinski definition) is 4. The minimum absolute atomic E-state index is 0.209. The van der Waals surface area contributed by atoms with Crippen LogP contribution in [0.3, 0.4) is 0 Å². The van der Waals surface area contributed by atoms with Gasteiger partial charge in [-0.1, -0.05) is 0 Å². The Morgan fingerprint density at radius 2 is 2.00 bits per heavy atom. The van der Waals surface area contributed by atoms with Crippen LogP contribution in [0.2, 0.25) is 0 Å². The summed E-state index contributed by atoms with van der Waals surface area (Å²) in [6, 6.07) is 6.43. The molecule has 0 bridgehead atoms. The molecule has 102 valence electrons. The molecule has 1 aliphatic heterocycles. The molecule has 1 heterocycles. The molecule has 6 heteroatoms. The number of nitrogens with one attached hydrogen (secondary N) is 3. The Hall–Kier alpha value is -2.08. The lowest BCUT2D eigenvalue weighted by atomic mass is 10.2. The van der Waals surface area contributed by atoms with Crippen LogP contribution in [0.15, 0.2) is 24.3 Å². The van der Waals surface area contributed by atoms with E-state index >= 15 is 0 Å². The fourth-order valence-electron chi connectivity index (χ4n) is 1.93. The third kappa shape index (κ3) is 3.45. The number of amides is 2. The predicted molar refractivity (Wildman–Crippen MR) is 69.6 cm³/mol. The number of ether oxygens (including phenoxy) is 1. The smallest absolute Gasteiger partial charge is 0.269 e. The van der Waals surface area contributed by atoms with Gasteiger partial charge in [-0.15, -0.1) is 0 Å². The lowest BCUT2D eigenvalue weighted by Crippen LogP contribution is -2.49. The number of carbonyl (C=O) groups is 2. The van der Waals surface area contributed by atoms with Crippen LogP contribution >= 0.6 is 0 Å². The van der Waals surface area contributed by atoms with Crippen molar-refractivity contribution in [3.63, 3.8) is 0 Å². The SMILES string of the molecule is COc1ccc(C(=O)NNC(=O)C2CCCN2)cc1. The highest BCUT2D eigenvalue weighted by Gasteiger charge is 2.22. The summed E-state index contributed by atoms with van der Waals surface area (Å²) in [5.41, 5.74) is 5.27. The third-order valence-corrected chi connectivity index (χ3v) is 3.03. The van der Waals surface area contributed by atoms with Gasteiger partial charge in [-0.25, -0.2) is 0 Å². The summed E-state index contributed by atoms with van der Waals surface area (Å²) in [6.45, 7) is 0.838. The molecule has 1 saturated heterocycles. The molecule has 0 aliphatic carbocycles. The zero-order valence-corrected chi connectivity index (χ0v) is 10.7. The number of hydrazine groups is 1. The molecular weight excluding hydrogens is 246 g/mol. The zero-order valence-electron chi connectivity index (χ0n) is 10.7. The van der Waals surface area contributed by atoms with Gasteiger partial charge in [-0.3, -0.25) is 20.4 Å². The number of rotatable bonds is 3. The first kappa shape index (κ1) is 13.4. The molecule has 0 spiro atoms. The minimum atomic E-state index is -0.353. The van der Waals surface area contributed by atoms with Crippen molar-refractivity contribution in [1.82, 2.24) is 16.2 Å². The van der Waals surface area contributed by atoms with Gasteiger partial charge in [-0.05, 0) is 43.7 Å². The van der Waals surface area contributed by atoms with Crippen LogP contribution in [0, 0.1) is 0 Å². The highest BCUT2D eigenvalue weighted by molar-refractivity contribution is 5.96. The average Bonchev–Trinajstić information content (AvgIpc) is 2.98. The van der Waals surface area contributed by atoms with Crippen LogP contribution < -0.4 is 20.9 Å². The van der Waals surface area contributed by atoms with Gasteiger partial charge in [0.1, 0.15) is 5.75 Å². The Morgan fingerprint density at radius 3 is 2.58 bits per heavy atom. The Morgan fingerprint density at radius 1 is 1.26 bits per heavy atom. The highest BCUT2D eigenvalue weighted by Crippen LogP contribution is 2.10. The lowest BCUT2D eigenvalue weighted by Gasteiger charge is -2.12. The van der Waals surface area contributed by atoms with Crippen molar-refractivity contribution in [2.24, 2.45) is 0 Å². The molecule has 1 aromatic rings. The Bertz CT molecular complexity index is 453. The summed E-state index contributed by atoms with van der Waals surface area (Å²) >= 11 is 0. The monoisotopic (exact) mass is 263 g/mol. The average molecular weight is 263 g/mol. The van der Waals surface area contributed by atoms with E-state index in [-0.39, 0.29) is 17.9 Å². The molecule has 1 fully saturated rings. The first-order valence-electron chi connectivity index (χ1n) is 6.18. The van der Waals surface area contributed by atoms with Gasteiger partial charge in [-0.2, -0.15) is 0 Å². The van der Waals surface area contributed by atoms with Crippen LogP contribution in [-0.2, 0) is 4.79 Å². The maximum atomic E-state index is 11.8. The van der Waals surface area contributed by atoms with E-state index in [1.807, 2.05) is 0 Å². The topological polar surface area (TPSA) is 79.5 Å². The molecule has 19 heavy (non-hydrogen) atoms. The van der Waals surface area contributed by atoms with Crippen molar-refractivity contribution in [3.8, 4) is 5.75 Å².